The van der Waals surface area contributed by atoms with Crippen molar-refractivity contribution in [1.82, 2.24) is 9.21 Å². The molecule has 0 aliphatic carbocycles. The Morgan fingerprint density at radius 3 is 2.14 bits per heavy atom. The van der Waals surface area contributed by atoms with Crippen LogP contribution in [-0.4, -0.2) is 49.7 Å². The van der Waals surface area contributed by atoms with E-state index in [2.05, 4.69) is 6.92 Å². The summed E-state index contributed by atoms with van der Waals surface area (Å²) < 4.78 is 27.2. The van der Waals surface area contributed by atoms with Gasteiger partial charge in [-0.05, 0) is 31.0 Å². The lowest BCUT2D eigenvalue weighted by atomic mass is 9.93. The predicted molar refractivity (Wildman–Crippen MR) is 111 cm³/mol. The Morgan fingerprint density at radius 2 is 1.57 bits per heavy atom. The van der Waals surface area contributed by atoms with Gasteiger partial charge in [-0.2, -0.15) is 4.31 Å². The molecule has 1 amide bonds. The minimum Gasteiger partial charge on any atom is -0.340 e. The highest BCUT2D eigenvalue weighted by atomic mass is 32.2. The van der Waals surface area contributed by atoms with Crippen molar-refractivity contribution in [2.24, 2.45) is 0 Å². The van der Waals surface area contributed by atoms with Crippen LogP contribution in [0.15, 0.2) is 59.5 Å². The number of hydrogen-bond donors (Lipinski definition) is 0. The van der Waals surface area contributed by atoms with Crippen LogP contribution >= 0.6 is 0 Å². The van der Waals surface area contributed by atoms with E-state index in [1.165, 1.54) is 4.31 Å². The number of carbonyl (C=O) groups is 1. The Hall–Kier alpha value is -2.18. The molecule has 6 heteroatoms. The number of nitrogens with zero attached hydrogens (tertiary/aromatic N) is 2. The monoisotopic (exact) mass is 400 g/mol. The third-order valence-electron chi connectivity index (χ3n) is 5.29. The first kappa shape index (κ1) is 20.6. The lowest BCUT2D eigenvalue weighted by Crippen LogP contribution is -2.51. The van der Waals surface area contributed by atoms with Gasteiger partial charge in [0, 0.05) is 26.2 Å². The Labute approximate surface area is 168 Å². The molecule has 0 N–H and O–H groups in total. The molecule has 28 heavy (non-hydrogen) atoms. The fraction of sp³-hybridized carbons (Fsp3) is 0.409. The highest BCUT2D eigenvalue weighted by molar-refractivity contribution is 7.89. The molecular weight excluding hydrogens is 372 g/mol. The summed E-state index contributed by atoms with van der Waals surface area (Å²) in [5, 5.41) is 0. The van der Waals surface area contributed by atoms with Crippen LogP contribution in [0.2, 0.25) is 0 Å². The van der Waals surface area contributed by atoms with Gasteiger partial charge in [0.15, 0.2) is 0 Å². The quantitative estimate of drug-likeness (QED) is 0.747. The van der Waals surface area contributed by atoms with E-state index in [1.807, 2.05) is 54.3 Å². The van der Waals surface area contributed by atoms with Crippen LogP contribution in [0.25, 0.3) is 0 Å². The van der Waals surface area contributed by atoms with Gasteiger partial charge in [0.1, 0.15) is 0 Å². The highest BCUT2D eigenvalue weighted by Gasteiger charge is 2.32. The maximum absolute atomic E-state index is 13.1. The normalized spacial score (nSPS) is 16.7. The minimum atomic E-state index is -3.52. The zero-order chi connectivity index (χ0) is 20.1. The summed E-state index contributed by atoms with van der Waals surface area (Å²) in [6.07, 6.45) is 1.72. The Morgan fingerprint density at radius 1 is 0.964 bits per heavy atom. The summed E-state index contributed by atoms with van der Waals surface area (Å²) in [5.41, 5.74) is 2.06. The van der Waals surface area contributed by atoms with Crippen LogP contribution in [0.3, 0.4) is 0 Å². The van der Waals surface area contributed by atoms with E-state index >= 15 is 0 Å². The second-order valence-corrected chi connectivity index (χ2v) is 9.23. The van der Waals surface area contributed by atoms with E-state index in [-0.39, 0.29) is 11.8 Å². The molecule has 1 heterocycles. The van der Waals surface area contributed by atoms with Crippen molar-refractivity contribution in [2.45, 2.75) is 37.5 Å². The molecule has 150 valence electrons. The second-order valence-electron chi connectivity index (χ2n) is 7.29. The molecule has 2 aromatic rings. The van der Waals surface area contributed by atoms with Gasteiger partial charge in [0.2, 0.25) is 15.9 Å². The summed E-state index contributed by atoms with van der Waals surface area (Å²) in [6, 6.07) is 16.8. The van der Waals surface area contributed by atoms with Gasteiger partial charge in [-0.15, -0.1) is 0 Å². The van der Waals surface area contributed by atoms with Crippen molar-refractivity contribution in [3.63, 3.8) is 0 Å². The Balaban J connectivity index is 1.68. The third kappa shape index (κ3) is 4.45. The van der Waals surface area contributed by atoms with E-state index < -0.39 is 10.0 Å². The maximum Gasteiger partial charge on any atom is 0.243 e. The second kappa shape index (κ2) is 8.88. The van der Waals surface area contributed by atoms with E-state index in [0.29, 0.717) is 31.1 Å². The van der Waals surface area contributed by atoms with Crippen LogP contribution in [0, 0.1) is 6.92 Å². The number of rotatable bonds is 6. The van der Waals surface area contributed by atoms with Crippen LogP contribution in [0.1, 0.15) is 36.8 Å². The molecule has 1 unspecified atom stereocenters. The SMILES string of the molecule is CCCC(C(=O)N1CCN(S(=O)(=O)c2ccc(C)cc2)CC1)c1ccccc1. The number of benzene rings is 2. The lowest BCUT2D eigenvalue weighted by molar-refractivity contribution is -0.134. The predicted octanol–water partition coefficient (Wildman–Crippen LogP) is 3.41. The average molecular weight is 401 g/mol. The number of amides is 1. The molecule has 0 radical (unpaired) electrons. The van der Waals surface area contributed by atoms with Crippen LogP contribution in [0.5, 0.6) is 0 Å². The molecule has 1 saturated heterocycles. The molecule has 1 atom stereocenters. The topological polar surface area (TPSA) is 57.7 Å². The van der Waals surface area contributed by atoms with Gasteiger partial charge in [0.25, 0.3) is 0 Å². The number of carbonyl (C=O) groups excluding carboxylic acids is 1. The first-order chi connectivity index (χ1) is 13.4. The van der Waals surface area contributed by atoms with Gasteiger partial charge >= 0.3 is 0 Å². The maximum atomic E-state index is 13.1. The van der Waals surface area contributed by atoms with Crippen molar-refractivity contribution in [1.29, 1.82) is 0 Å². The van der Waals surface area contributed by atoms with Crippen molar-refractivity contribution in [3.8, 4) is 0 Å². The summed E-state index contributed by atoms with van der Waals surface area (Å²) in [6.45, 7) is 5.52. The molecule has 1 aliphatic heterocycles. The van der Waals surface area contributed by atoms with Crippen molar-refractivity contribution in [2.75, 3.05) is 26.2 Å². The van der Waals surface area contributed by atoms with Gasteiger partial charge in [-0.25, -0.2) is 8.42 Å². The van der Waals surface area contributed by atoms with Crippen LogP contribution < -0.4 is 0 Å². The first-order valence-electron chi connectivity index (χ1n) is 9.84. The molecule has 3 rings (SSSR count). The van der Waals surface area contributed by atoms with Gasteiger partial charge in [0.05, 0.1) is 10.8 Å². The van der Waals surface area contributed by atoms with Crippen LogP contribution in [0.4, 0.5) is 0 Å². The smallest absolute Gasteiger partial charge is 0.243 e. The lowest BCUT2D eigenvalue weighted by Gasteiger charge is -2.36. The molecule has 0 spiro atoms. The van der Waals surface area contributed by atoms with Gasteiger partial charge in [-0.1, -0.05) is 61.4 Å². The molecule has 0 bridgehead atoms. The number of sulfonamides is 1. The van der Waals surface area contributed by atoms with E-state index in [1.54, 1.807) is 12.1 Å². The zero-order valence-corrected chi connectivity index (χ0v) is 17.4. The third-order valence-corrected chi connectivity index (χ3v) is 7.20. The largest absolute Gasteiger partial charge is 0.340 e. The fourth-order valence-electron chi connectivity index (χ4n) is 3.64. The summed E-state index contributed by atoms with van der Waals surface area (Å²) in [5.74, 6) is -0.0631. The summed E-state index contributed by atoms with van der Waals surface area (Å²) in [7, 11) is -3.52. The summed E-state index contributed by atoms with van der Waals surface area (Å²) in [4.78, 5) is 15.2. The number of hydrogen-bond acceptors (Lipinski definition) is 3. The first-order valence-corrected chi connectivity index (χ1v) is 11.3. The fourth-order valence-corrected chi connectivity index (χ4v) is 5.06. The van der Waals surface area contributed by atoms with Crippen molar-refractivity contribution >= 4 is 15.9 Å². The van der Waals surface area contributed by atoms with Crippen molar-refractivity contribution < 1.29 is 13.2 Å². The molecule has 5 nitrogen and oxygen atoms in total. The molecular formula is C22H28N2O3S. The minimum absolute atomic E-state index is 0.0976. The van der Waals surface area contributed by atoms with E-state index in [4.69, 9.17) is 0 Å². The van der Waals surface area contributed by atoms with Crippen molar-refractivity contribution in [3.05, 3.63) is 65.7 Å². The number of aryl methyl sites for hydroxylation is 1. The molecule has 2 aromatic carbocycles. The van der Waals surface area contributed by atoms with E-state index in [0.717, 1.165) is 24.0 Å². The Kier molecular flexibility index (Phi) is 6.52. The van der Waals surface area contributed by atoms with Gasteiger partial charge in [-0.3, -0.25) is 4.79 Å². The standard InChI is InChI=1S/C22H28N2O3S/c1-3-7-21(19-8-5-4-6-9-19)22(25)23-14-16-24(17-15-23)28(26,27)20-12-10-18(2)11-13-20/h4-6,8-13,21H,3,7,14-17H2,1-2H3. The highest BCUT2D eigenvalue weighted by Crippen LogP contribution is 2.25. The summed E-state index contributed by atoms with van der Waals surface area (Å²) >= 11 is 0. The molecule has 1 aliphatic rings. The average Bonchev–Trinajstić information content (AvgIpc) is 2.72. The van der Waals surface area contributed by atoms with Gasteiger partial charge < -0.3 is 4.90 Å². The van der Waals surface area contributed by atoms with E-state index in [9.17, 15) is 13.2 Å². The molecule has 0 aromatic heterocycles. The zero-order valence-electron chi connectivity index (χ0n) is 16.5. The number of piperazine rings is 1. The Bertz CT molecular complexity index is 887. The molecule has 1 fully saturated rings. The van der Waals surface area contributed by atoms with Crippen LogP contribution in [-0.2, 0) is 14.8 Å². The molecule has 0 saturated carbocycles.